The summed E-state index contributed by atoms with van der Waals surface area (Å²) in [6.45, 7) is 3.29. The number of carbonyl (C=O) groups is 1. The molecule has 82 valence electrons. The van der Waals surface area contributed by atoms with E-state index in [2.05, 4.69) is 0 Å². The maximum absolute atomic E-state index is 11.3. The van der Waals surface area contributed by atoms with Gasteiger partial charge >= 0.3 is 0 Å². The molecule has 0 saturated heterocycles. The van der Waals surface area contributed by atoms with Crippen LogP contribution in [0.25, 0.3) is 0 Å². The van der Waals surface area contributed by atoms with Gasteiger partial charge in [-0.25, -0.2) is 8.42 Å². The Morgan fingerprint density at radius 3 is 2.29 bits per heavy atom. The minimum Gasteiger partial charge on any atom is -0.336 e. The van der Waals surface area contributed by atoms with Gasteiger partial charge in [-0.1, -0.05) is 0 Å². The van der Waals surface area contributed by atoms with Crippen molar-refractivity contribution in [1.82, 2.24) is 4.90 Å². The van der Waals surface area contributed by atoms with Gasteiger partial charge in [0.05, 0.1) is 5.75 Å². The van der Waals surface area contributed by atoms with Crippen LogP contribution in [0.2, 0.25) is 0 Å². The normalized spacial score (nSPS) is 19.1. The summed E-state index contributed by atoms with van der Waals surface area (Å²) in [6, 6.07) is 0.0826. The highest BCUT2D eigenvalue weighted by Crippen LogP contribution is 2.28. The summed E-state index contributed by atoms with van der Waals surface area (Å²) in [5, 5.41) is 0. The second-order valence-corrected chi connectivity index (χ2v) is 6.28. The van der Waals surface area contributed by atoms with Gasteiger partial charge < -0.3 is 4.90 Å². The molecule has 0 aromatic heterocycles. The molecule has 1 aliphatic rings. The van der Waals surface area contributed by atoms with Crippen molar-refractivity contribution >= 4 is 15.7 Å². The molecule has 0 N–H and O–H groups in total. The predicted octanol–water partition coefficient (Wildman–Crippen LogP) is 0.430. The zero-order valence-corrected chi connectivity index (χ0v) is 9.67. The van der Waals surface area contributed by atoms with E-state index < -0.39 is 9.84 Å². The van der Waals surface area contributed by atoms with Crippen molar-refractivity contribution in [3.05, 3.63) is 0 Å². The highest BCUT2D eigenvalue weighted by Gasteiger charge is 2.34. The highest BCUT2D eigenvalue weighted by atomic mass is 32.2. The third kappa shape index (κ3) is 3.29. The predicted molar refractivity (Wildman–Crippen MR) is 54.7 cm³/mol. The van der Waals surface area contributed by atoms with Gasteiger partial charge in [0, 0.05) is 25.3 Å². The van der Waals surface area contributed by atoms with Crippen LogP contribution in [0.15, 0.2) is 0 Å². The SMILES string of the molecule is CC(=O)N(C(C)CS(C)(=O)=O)C1CC1. The summed E-state index contributed by atoms with van der Waals surface area (Å²) >= 11 is 0. The van der Waals surface area contributed by atoms with E-state index in [0.717, 1.165) is 12.8 Å². The molecule has 1 saturated carbocycles. The first-order chi connectivity index (χ1) is 6.31. The summed E-state index contributed by atoms with van der Waals surface area (Å²) < 4.78 is 22.1. The minimum absolute atomic E-state index is 0.0244. The van der Waals surface area contributed by atoms with E-state index in [-0.39, 0.29) is 23.7 Å². The number of sulfone groups is 1. The molecule has 5 heteroatoms. The molecule has 1 unspecified atom stereocenters. The van der Waals surface area contributed by atoms with Crippen molar-refractivity contribution in [3.8, 4) is 0 Å². The molecule has 0 aromatic rings. The van der Waals surface area contributed by atoms with Crippen molar-refractivity contribution in [2.24, 2.45) is 0 Å². The Morgan fingerprint density at radius 2 is 2.00 bits per heavy atom. The molecule has 0 spiro atoms. The van der Waals surface area contributed by atoms with Gasteiger partial charge in [0.25, 0.3) is 0 Å². The Morgan fingerprint density at radius 1 is 1.50 bits per heavy atom. The van der Waals surface area contributed by atoms with Crippen LogP contribution in [0.3, 0.4) is 0 Å². The molecule has 1 atom stereocenters. The Labute approximate surface area is 85.2 Å². The lowest BCUT2D eigenvalue weighted by Crippen LogP contribution is -2.42. The molecule has 0 aromatic carbocycles. The molecule has 14 heavy (non-hydrogen) atoms. The number of amides is 1. The molecule has 0 heterocycles. The highest BCUT2D eigenvalue weighted by molar-refractivity contribution is 7.90. The van der Waals surface area contributed by atoms with E-state index >= 15 is 0 Å². The van der Waals surface area contributed by atoms with E-state index in [1.165, 1.54) is 13.2 Å². The van der Waals surface area contributed by atoms with E-state index in [4.69, 9.17) is 0 Å². The molecule has 1 fully saturated rings. The van der Waals surface area contributed by atoms with Crippen LogP contribution in [0.1, 0.15) is 26.7 Å². The zero-order chi connectivity index (χ0) is 10.9. The average molecular weight is 219 g/mol. The zero-order valence-electron chi connectivity index (χ0n) is 8.86. The maximum atomic E-state index is 11.3. The quantitative estimate of drug-likeness (QED) is 0.689. The fourth-order valence-electron chi connectivity index (χ4n) is 1.80. The summed E-state index contributed by atoms with van der Waals surface area (Å²) in [6.07, 6.45) is 3.22. The van der Waals surface area contributed by atoms with E-state index in [0.29, 0.717) is 0 Å². The topological polar surface area (TPSA) is 54.5 Å². The number of carbonyl (C=O) groups excluding carboxylic acids is 1. The third-order valence-electron chi connectivity index (χ3n) is 2.32. The van der Waals surface area contributed by atoms with Gasteiger partial charge in [-0.15, -0.1) is 0 Å². The molecule has 1 rings (SSSR count). The Balaban J connectivity index is 2.64. The van der Waals surface area contributed by atoms with E-state index in [9.17, 15) is 13.2 Å². The van der Waals surface area contributed by atoms with Crippen molar-refractivity contribution in [3.63, 3.8) is 0 Å². The number of rotatable bonds is 4. The molecule has 1 aliphatic carbocycles. The first-order valence-electron chi connectivity index (χ1n) is 4.78. The molecule has 4 nitrogen and oxygen atoms in total. The fourth-order valence-corrected chi connectivity index (χ4v) is 2.84. The lowest BCUT2D eigenvalue weighted by atomic mass is 10.3. The Bertz CT molecular complexity index is 319. The van der Waals surface area contributed by atoms with Crippen LogP contribution < -0.4 is 0 Å². The van der Waals surface area contributed by atoms with Gasteiger partial charge in [-0.2, -0.15) is 0 Å². The Kier molecular flexibility index (Phi) is 3.19. The average Bonchev–Trinajstić information content (AvgIpc) is 2.65. The van der Waals surface area contributed by atoms with Crippen molar-refractivity contribution in [2.45, 2.75) is 38.8 Å². The van der Waals surface area contributed by atoms with Gasteiger partial charge in [-0.05, 0) is 19.8 Å². The van der Waals surface area contributed by atoms with Gasteiger partial charge in [0.2, 0.25) is 5.91 Å². The number of hydrogen-bond donors (Lipinski definition) is 0. The van der Waals surface area contributed by atoms with Crippen LogP contribution in [0, 0.1) is 0 Å². The monoisotopic (exact) mass is 219 g/mol. The molecule has 0 aliphatic heterocycles. The number of hydrogen-bond acceptors (Lipinski definition) is 3. The lowest BCUT2D eigenvalue weighted by molar-refractivity contribution is -0.131. The summed E-state index contributed by atoms with van der Waals surface area (Å²) in [7, 11) is -3.00. The summed E-state index contributed by atoms with van der Waals surface area (Å²) in [5.74, 6) is 0.0342. The largest absolute Gasteiger partial charge is 0.336 e. The first kappa shape index (κ1) is 11.5. The van der Waals surface area contributed by atoms with Crippen LogP contribution in [-0.2, 0) is 14.6 Å². The van der Waals surface area contributed by atoms with Crippen LogP contribution in [0.4, 0.5) is 0 Å². The van der Waals surface area contributed by atoms with Crippen molar-refractivity contribution < 1.29 is 13.2 Å². The van der Waals surface area contributed by atoms with Gasteiger partial charge in [0.1, 0.15) is 9.84 Å². The summed E-state index contributed by atoms with van der Waals surface area (Å²) in [5.41, 5.74) is 0. The second kappa shape index (κ2) is 3.88. The lowest BCUT2D eigenvalue weighted by Gasteiger charge is -2.27. The minimum atomic E-state index is -3.00. The van der Waals surface area contributed by atoms with Gasteiger partial charge in [0.15, 0.2) is 0 Å². The third-order valence-corrected chi connectivity index (χ3v) is 3.41. The van der Waals surface area contributed by atoms with Crippen LogP contribution in [0.5, 0.6) is 0 Å². The van der Waals surface area contributed by atoms with Crippen LogP contribution in [-0.4, -0.2) is 43.3 Å². The second-order valence-electron chi connectivity index (χ2n) is 4.10. The molecule has 0 bridgehead atoms. The first-order valence-corrected chi connectivity index (χ1v) is 6.84. The van der Waals surface area contributed by atoms with Gasteiger partial charge in [-0.3, -0.25) is 4.79 Å². The van der Waals surface area contributed by atoms with E-state index in [1.54, 1.807) is 11.8 Å². The fraction of sp³-hybridized carbons (Fsp3) is 0.889. The molecule has 1 amide bonds. The maximum Gasteiger partial charge on any atom is 0.219 e. The molecule has 0 radical (unpaired) electrons. The Hall–Kier alpha value is -0.580. The van der Waals surface area contributed by atoms with Crippen molar-refractivity contribution in [1.29, 1.82) is 0 Å². The number of nitrogens with zero attached hydrogens (tertiary/aromatic N) is 1. The molecular formula is C9H17NO3S. The van der Waals surface area contributed by atoms with Crippen LogP contribution >= 0.6 is 0 Å². The van der Waals surface area contributed by atoms with Crippen molar-refractivity contribution in [2.75, 3.05) is 12.0 Å². The molecular weight excluding hydrogens is 202 g/mol. The smallest absolute Gasteiger partial charge is 0.219 e. The summed E-state index contributed by atoms with van der Waals surface area (Å²) in [4.78, 5) is 13.0. The standard InChI is InChI=1S/C9H17NO3S/c1-7(6-14(3,12)13)10(8(2)11)9-4-5-9/h7,9H,4-6H2,1-3H3. The van der Waals surface area contributed by atoms with E-state index in [1.807, 2.05) is 0 Å².